The third-order valence-corrected chi connectivity index (χ3v) is 10.9. The Kier molecular flexibility index (Phi) is 10.6. The third kappa shape index (κ3) is 7.75. The van der Waals surface area contributed by atoms with Crippen LogP contribution in [0.15, 0.2) is 12.3 Å². The summed E-state index contributed by atoms with van der Waals surface area (Å²) < 4.78 is 64.6. The van der Waals surface area contributed by atoms with Crippen LogP contribution in [-0.4, -0.2) is 113 Å². The molecule has 0 N–H and O–H groups in total. The van der Waals surface area contributed by atoms with E-state index in [1.54, 1.807) is 20.5 Å². The minimum Gasteiger partial charge on any atom is -0.462 e. The van der Waals surface area contributed by atoms with Gasteiger partial charge >= 0.3 is 18.3 Å². The van der Waals surface area contributed by atoms with Gasteiger partial charge in [0.25, 0.3) is 0 Å². The summed E-state index contributed by atoms with van der Waals surface area (Å²) >= 11 is 0. The van der Waals surface area contributed by atoms with Crippen LogP contribution in [0, 0.1) is 13.5 Å². The minimum atomic E-state index is -4.61. The second-order valence-corrected chi connectivity index (χ2v) is 15.9. The molecule has 0 radical (unpaired) electrons. The van der Waals surface area contributed by atoms with E-state index in [2.05, 4.69) is 26.8 Å². The molecule has 0 spiro atoms. The monoisotopic (exact) mass is 753 g/mol. The Balaban J connectivity index is 1.26. The first-order valence-corrected chi connectivity index (χ1v) is 19.0. The van der Waals surface area contributed by atoms with Crippen molar-refractivity contribution in [3.8, 4) is 6.01 Å². The fourth-order valence-corrected chi connectivity index (χ4v) is 8.27. The van der Waals surface area contributed by atoms with E-state index in [1.165, 1.54) is 13.1 Å². The van der Waals surface area contributed by atoms with Crippen molar-refractivity contribution in [3.05, 3.63) is 46.1 Å². The molecule has 2 aromatic heterocycles. The van der Waals surface area contributed by atoms with Gasteiger partial charge in [0.1, 0.15) is 24.1 Å². The Bertz CT molecular complexity index is 1900. The Labute approximate surface area is 314 Å². The van der Waals surface area contributed by atoms with Gasteiger partial charge in [0, 0.05) is 49.8 Å². The molecule has 0 saturated carbocycles. The summed E-state index contributed by atoms with van der Waals surface area (Å²) in [5.41, 5.74) is 0.855. The van der Waals surface area contributed by atoms with E-state index in [4.69, 9.17) is 30.8 Å². The summed E-state index contributed by atoms with van der Waals surface area (Å²) in [7, 11) is 2.06. The number of aromatic nitrogens is 4. The van der Waals surface area contributed by atoms with Gasteiger partial charge in [-0.15, -0.1) is 0 Å². The Morgan fingerprint density at radius 1 is 1.06 bits per heavy atom. The maximum atomic E-state index is 15.0. The fourth-order valence-electron chi connectivity index (χ4n) is 8.27. The Morgan fingerprint density at radius 2 is 1.87 bits per heavy atom. The molecule has 1 aromatic carbocycles. The van der Waals surface area contributed by atoms with Crippen LogP contribution in [0.25, 0.3) is 15.7 Å². The molecular weight excluding hydrogens is 703 g/mol. The number of likely N-dealkylation sites (N-methyl/N-ethyl adjacent to an activating group) is 1. The first-order valence-electron chi connectivity index (χ1n) is 19.0. The number of amides is 1. The Hall–Kier alpha value is -4.36. The number of hydrogen-bond donors (Lipinski definition) is 0. The second-order valence-electron chi connectivity index (χ2n) is 15.9. The number of carbonyl (C=O) groups is 1. The standard InChI is InChI=1S/C38H50F3N9O4/c1-24-18-30-28(20-43-50(30)31-11-7-8-17-52-31)33(32(24)38(39,40)41)47-14-12-27-29(22-47)44-35(53-23-25-10-9-13-46(25)6)45-34(27)48-15-16-49(26(21-48)19-42-5)36(51)54-37(2,3)4/h18,20,25-26,31H,7-17,19,21-23H2,1-4,6H3/t25-,26-,31?/m0/s1. The number of halogens is 3. The number of aryl methyl sites for hydroxylation is 1. The van der Waals surface area contributed by atoms with E-state index in [-0.39, 0.29) is 49.2 Å². The zero-order chi connectivity index (χ0) is 38.4. The molecule has 6 heterocycles. The van der Waals surface area contributed by atoms with Crippen LogP contribution in [0.4, 0.5) is 29.5 Å². The summed E-state index contributed by atoms with van der Waals surface area (Å²) in [6, 6.07) is 1.49. The van der Waals surface area contributed by atoms with Crippen molar-refractivity contribution < 1.29 is 32.2 Å². The number of hydrogen-bond acceptors (Lipinski definition) is 10. The van der Waals surface area contributed by atoms with E-state index in [9.17, 15) is 18.0 Å². The lowest BCUT2D eigenvalue weighted by Gasteiger charge is -2.41. The average molecular weight is 754 g/mol. The molecule has 1 amide bonds. The molecule has 13 nitrogen and oxygen atoms in total. The van der Waals surface area contributed by atoms with Crippen LogP contribution in [0.5, 0.6) is 6.01 Å². The quantitative estimate of drug-likeness (QED) is 0.258. The van der Waals surface area contributed by atoms with E-state index < -0.39 is 29.5 Å². The molecule has 292 valence electrons. The number of piperazine rings is 1. The predicted molar refractivity (Wildman–Crippen MR) is 197 cm³/mol. The van der Waals surface area contributed by atoms with Crippen molar-refractivity contribution in [2.45, 2.75) is 103 Å². The fraction of sp³-hybridized carbons (Fsp3) is 0.658. The van der Waals surface area contributed by atoms with Gasteiger partial charge in [-0.05, 0) is 91.4 Å². The van der Waals surface area contributed by atoms with Crippen LogP contribution in [0.2, 0.25) is 0 Å². The lowest BCUT2D eigenvalue weighted by Crippen LogP contribution is -2.57. The number of anilines is 2. The van der Waals surface area contributed by atoms with Crippen molar-refractivity contribution in [2.75, 3.05) is 69.3 Å². The highest BCUT2D eigenvalue weighted by molar-refractivity contribution is 5.95. The van der Waals surface area contributed by atoms with Gasteiger partial charge in [-0.1, -0.05) is 0 Å². The summed E-state index contributed by atoms with van der Waals surface area (Å²) in [5.74, 6) is 0.626. The summed E-state index contributed by atoms with van der Waals surface area (Å²) in [6.45, 7) is 18.0. The van der Waals surface area contributed by atoms with Crippen LogP contribution in [0.3, 0.4) is 0 Å². The largest absolute Gasteiger partial charge is 0.462 e. The molecule has 3 saturated heterocycles. The van der Waals surface area contributed by atoms with Gasteiger partial charge in [0.15, 0.2) is 6.23 Å². The molecule has 7 rings (SSSR count). The molecule has 4 aliphatic rings. The SMILES string of the molecule is [C-]#[N+]C[C@H]1CN(c2nc(OC[C@@H]3CCCN3C)nc3c2CCN(c2c(C(F)(F)F)c(C)cc4c2cnn4C2CCCCO2)C3)CCN1C(=O)OC(C)(C)C. The molecule has 4 aliphatic heterocycles. The topological polar surface area (TPSA) is 106 Å². The molecule has 3 aromatic rings. The summed E-state index contributed by atoms with van der Waals surface area (Å²) in [4.78, 5) is 34.3. The number of carbonyl (C=O) groups excluding carboxylic acids is 1. The highest BCUT2D eigenvalue weighted by atomic mass is 19.4. The van der Waals surface area contributed by atoms with Crippen molar-refractivity contribution in [1.82, 2.24) is 29.5 Å². The molecule has 54 heavy (non-hydrogen) atoms. The number of benzene rings is 1. The minimum absolute atomic E-state index is 0.0807. The second kappa shape index (κ2) is 15.1. The lowest BCUT2D eigenvalue weighted by molar-refractivity contribution is -0.137. The van der Waals surface area contributed by atoms with Crippen molar-refractivity contribution in [2.24, 2.45) is 0 Å². The number of nitrogens with zero attached hydrogens (tertiary/aromatic N) is 9. The van der Waals surface area contributed by atoms with E-state index in [0.717, 1.165) is 44.2 Å². The zero-order valence-electron chi connectivity index (χ0n) is 31.8. The van der Waals surface area contributed by atoms with Crippen LogP contribution in [-0.2, 0) is 28.6 Å². The van der Waals surface area contributed by atoms with Crippen molar-refractivity contribution in [3.63, 3.8) is 0 Å². The van der Waals surface area contributed by atoms with Gasteiger partial charge in [-0.25, -0.2) is 16.0 Å². The molecule has 16 heteroatoms. The molecule has 3 atom stereocenters. The van der Waals surface area contributed by atoms with Gasteiger partial charge in [-0.2, -0.15) is 28.2 Å². The summed E-state index contributed by atoms with van der Waals surface area (Å²) in [6.07, 6.45) is 1.19. The van der Waals surface area contributed by atoms with Gasteiger partial charge < -0.3 is 33.8 Å². The van der Waals surface area contributed by atoms with E-state index in [1.807, 2.05) is 20.8 Å². The number of ether oxygens (including phenoxy) is 3. The zero-order valence-corrected chi connectivity index (χ0v) is 31.8. The Morgan fingerprint density at radius 3 is 2.56 bits per heavy atom. The van der Waals surface area contributed by atoms with Crippen LogP contribution >= 0.6 is 0 Å². The van der Waals surface area contributed by atoms with Gasteiger partial charge in [0.05, 0.1) is 35.2 Å². The van der Waals surface area contributed by atoms with E-state index in [0.29, 0.717) is 61.7 Å². The molecular formula is C38H50F3N9O4. The molecule has 0 aliphatic carbocycles. The number of likely N-dealkylation sites (tertiary alicyclic amines) is 1. The average Bonchev–Trinajstić information content (AvgIpc) is 3.74. The maximum absolute atomic E-state index is 15.0. The van der Waals surface area contributed by atoms with E-state index >= 15 is 0 Å². The van der Waals surface area contributed by atoms with Gasteiger partial charge in [-0.3, -0.25) is 4.90 Å². The maximum Gasteiger partial charge on any atom is 0.418 e. The lowest BCUT2D eigenvalue weighted by atomic mass is 9.97. The van der Waals surface area contributed by atoms with Gasteiger partial charge in [0.2, 0.25) is 6.54 Å². The molecule has 1 unspecified atom stereocenters. The number of rotatable bonds is 7. The highest BCUT2D eigenvalue weighted by Gasteiger charge is 2.41. The van der Waals surface area contributed by atoms with Crippen molar-refractivity contribution >= 4 is 28.5 Å². The number of fused-ring (bicyclic) bond motifs is 2. The van der Waals surface area contributed by atoms with Crippen molar-refractivity contribution in [1.29, 1.82) is 0 Å². The van der Waals surface area contributed by atoms with Crippen LogP contribution < -0.4 is 14.5 Å². The normalized spacial score (nSPS) is 22.7. The highest BCUT2D eigenvalue weighted by Crippen LogP contribution is 2.46. The first kappa shape index (κ1) is 37.9. The van der Waals surface area contributed by atoms with Crippen LogP contribution in [0.1, 0.15) is 81.5 Å². The first-order chi connectivity index (χ1) is 25.7. The summed E-state index contributed by atoms with van der Waals surface area (Å²) in [5, 5.41) is 5.00. The predicted octanol–water partition coefficient (Wildman–Crippen LogP) is 6.23. The molecule has 0 bridgehead atoms. The molecule has 3 fully saturated rings. The third-order valence-electron chi connectivity index (χ3n) is 10.9. The smallest absolute Gasteiger partial charge is 0.418 e. The number of alkyl halides is 3.